The van der Waals surface area contributed by atoms with Crippen LogP contribution < -0.4 is 0 Å². The summed E-state index contributed by atoms with van der Waals surface area (Å²) in [6.07, 6.45) is 9.62. The highest BCUT2D eigenvalue weighted by Gasteiger charge is 2.61. The van der Waals surface area contributed by atoms with Gasteiger partial charge in [-0.25, -0.2) is 0 Å². The first-order valence-electron chi connectivity index (χ1n) is 11.0. The molecule has 3 nitrogen and oxygen atoms in total. The van der Waals surface area contributed by atoms with Crippen molar-refractivity contribution in [1.82, 2.24) is 9.80 Å². The molecule has 4 saturated carbocycles. The van der Waals surface area contributed by atoms with Gasteiger partial charge in [0.15, 0.2) is 0 Å². The molecule has 1 amide bonds. The Hall–Kier alpha value is -1.35. The van der Waals surface area contributed by atoms with Gasteiger partial charge in [0.2, 0.25) is 5.91 Å². The van der Waals surface area contributed by atoms with Gasteiger partial charge in [-0.1, -0.05) is 30.3 Å². The van der Waals surface area contributed by atoms with Crippen LogP contribution in [0.1, 0.15) is 56.9 Å². The first kappa shape index (κ1) is 17.7. The number of benzene rings is 1. The zero-order valence-electron chi connectivity index (χ0n) is 17.0. The standard InChI is InChI=1S/C24H34N2O/c1-25-10-8-21(9-11-25)26(2)22(27)24-15-18-12-19(16-24)14-23(13-18,17-24)20-6-4-3-5-7-20/h3-7,18-19,21H,8-17H2,1-2H3. The van der Waals surface area contributed by atoms with Crippen LogP contribution in [-0.4, -0.2) is 48.9 Å². The molecule has 1 aromatic carbocycles. The Balaban J connectivity index is 1.43. The van der Waals surface area contributed by atoms with E-state index in [1.54, 1.807) is 0 Å². The molecule has 2 unspecified atom stereocenters. The molecule has 4 aliphatic carbocycles. The highest BCUT2D eigenvalue weighted by molar-refractivity contribution is 5.83. The molecule has 0 radical (unpaired) electrons. The van der Waals surface area contributed by atoms with E-state index in [4.69, 9.17) is 0 Å². The molecule has 2 atom stereocenters. The van der Waals surface area contributed by atoms with Gasteiger partial charge in [0, 0.05) is 13.1 Å². The summed E-state index contributed by atoms with van der Waals surface area (Å²) in [5, 5.41) is 0. The molecular weight excluding hydrogens is 332 g/mol. The van der Waals surface area contributed by atoms with Crippen molar-refractivity contribution >= 4 is 5.91 Å². The average molecular weight is 367 g/mol. The van der Waals surface area contributed by atoms with Crippen LogP contribution in [0.5, 0.6) is 0 Å². The summed E-state index contributed by atoms with van der Waals surface area (Å²) in [5.41, 5.74) is 1.67. The van der Waals surface area contributed by atoms with E-state index in [1.165, 1.54) is 24.8 Å². The molecule has 1 heterocycles. The van der Waals surface area contributed by atoms with E-state index in [0.29, 0.717) is 11.9 Å². The van der Waals surface area contributed by atoms with Gasteiger partial charge in [0.05, 0.1) is 5.41 Å². The van der Waals surface area contributed by atoms with Crippen LogP contribution in [0.4, 0.5) is 0 Å². The average Bonchev–Trinajstić information content (AvgIpc) is 2.67. The molecule has 0 N–H and O–H groups in total. The Morgan fingerprint density at radius 2 is 1.67 bits per heavy atom. The van der Waals surface area contributed by atoms with Crippen LogP contribution in [0.15, 0.2) is 30.3 Å². The fraction of sp³-hybridized carbons (Fsp3) is 0.708. The van der Waals surface area contributed by atoms with Crippen molar-refractivity contribution < 1.29 is 4.79 Å². The van der Waals surface area contributed by atoms with Crippen molar-refractivity contribution in [3.05, 3.63) is 35.9 Å². The molecule has 27 heavy (non-hydrogen) atoms. The molecule has 0 spiro atoms. The van der Waals surface area contributed by atoms with Crippen molar-refractivity contribution in [3.63, 3.8) is 0 Å². The van der Waals surface area contributed by atoms with E-state index < -0.39 is 0 Å². The van der Waals surface area contributed by atoms with Crippen LogP contribution in [-0.2, 0) is 10.2 Å². The molecule has 1 saturated heterocycles. The molecule has 146 valence electrons. The normalized spacial score (nSPS) is 38.9. The van der Waals surface area contributed by atoms with Crippen LogP contribution in [0.3, 0.4) is 0 Å². The summed E-state index contributed by atoms with van der Waals surface area (Å²) >= 11 is 0. The lowest BCUT2D eigenvalue weighted by atomic mass is 9.42. The summed E-state index contributed by atoms with van der Waals surface area (Å²) in [6, 6.07) is 11.6. The maximum atomic E-state index is 13.9. The lowest BCUT2D eigenvalue weighted by Crippen LogP contribution is -2.60. The van der Waals surface area contributed by atoms with E-state index in [9.17, 15) is 4.79 Å². The fourth-order valence-corrected chi connectivity index (χ4v) is 7.56. The number of amides is 1. The van der Waals surface area contributed by atoms with Crippen LogP contribution in [0, 0.1) is 17.3 Å². The maximum Gasteiger partial charge on any atom is 0.228 e. The van der Waals surface area contributed by atoms with Crippen molar-refractivity contribution in [2.75, 3.05) is 27.2 Å². The third-order valence-corrected chi connectivity index (χ3v) is 8.46. The number of likely N-dealkylation sites (tertiary alicyclic amines) is 1. The second kappa shape index (κ2) is 6.34. The number of piperidine rings is 1. The zero-order chi connectivity index (χ0) is 18.6. The Morgan fingerprint density at radius 3 is 2.30 bits per heavy atom. The molecule has 5 fully saturated rings. The second-order valence-corrected chi connectivity index (χ2v) is 10.3. The predicted molar refractivity (Wildman–Crippen MR) is 109 cm³/mol. The lowest BCUT2D eigenvalue weighted by Gasteiger charge is -2.62. The minimum atomic E-state index is -0.0853. The fourth-order valence-electron chi connectivity index (χ4n) is 7.56. The van der Waals surface area contributed by atoms with E-state index in [0.717, 1.165) is 57.0 Å². The van der Waals surface area contributed by atoms with Crippen molar-refractivity contribution in [2.45, 2.75) is 62.8 Å². The molecule has 3 heteroatoms. The number of carbonyl (C=O) groups excluding carboxylic acids is 1. The number of rotatable bonds is 3. The van der Waals surface area contributed by atoms with Crippen LogP contribution >= 0.6 is 0 Å². The predicted octanol–water partition coefficient (Wildman–Crippen LogP) is 4.08. The topological polar surface area (TPSA) is 23.6 Å². The molecule has 0 aromatic heterocycles. The Morgan fingerprint density at radius 1 is 1.04 bits per heavy atom. The summed E-state index contributed by atoms with van der Waals surface area (Å²) < 4.78 is 0. The number of nitrogens with zero attached hydrogens (tertiary/aromatic N) is 2. The van der Waals surface area contributed by atoms with E-state index in [2.05, 4.69) is 54.2 Å². The summed E-state index contributed by atoms with van der Waals surface area (Å²) in [7, 11) is 4.30. The SMILES string of the molecule is CN1CCC(N(C)C(=O)C23CC4CC(C2)CC(c2ccccc2)(C4)C3)CC1. The lowest BCUT2D eigenvalue weighted by molar-refractivity contribution is -0.162. The second-order valence-electron chi connectivity index (χ2n) is 10.3. The third kappa shape index (κ3) is 2.85. The number of carbonyl (C=O) groups is 1. The van der Waals surface area contributed by atoms with Gasteiger partial charge in [-0.3, -0.25) is 4.79 Å². The molecule has 1 aromatic rings. The van der Waals surface area contributed by atoms with Gasteiger partial charge in [-0.05, 0) is 94.3 Å². The van der Waals surface area contributed by atoms with Gasteiger partial charge in [-0.2, -0.15) is 0 Å². The van der Waals surface area contributed by atoms with Crippen molar-refractivity contribution in [1.29, 1.82) is 0 Å². The molecule has 1 aliphatic heterocycles. The van der Waals surface area contributed by atoms with E-state index >= 15 is 0 Å². The summed E-state index contributed by atoms with van der Waals surface area (Å²) in [6.45, 7) is 2.24. The van der Waals surface area contributed by atoms with Gasteiger partial charge in [-0.15, -0.1) is 0 Å². The van der Waals surface area contributed by atoms with Gasteiger partial charge >= 0.3 is 0 Å². The number of hydrogen-bond donors (Lipinski definition) is 0. The largest absolute Gasteiger partial charge is 0.342 e. The molecular formula is C24H34N2O. The highest BCUT2D eigenvalue weighted by atomic mass is 16.2. The third-order valence-electron chi connectivity index (χ3n) is 8.46. The monoisotopic (exact) mass is 366 g/mol. The van der Waals surface area contributed by atoms with Crippen molar-refractivity contribution in [2.24, 2.45) is 17.3 Å². The minimum absolute atomic E-state index is 0.0853. The zero-order valence-corrected chi connectivity index (χ0v) is 17.0. The van der Waals surface area contributed by atoms with Crippen LogP contribution in [0.25, 0.3) is 0 Å². The van der Waals surface area contributed by atoms with Gasteiger partial charge in [0.1, 0.15) is 0 Å². The van der Waals surface area contributed by atoms with E-state index in [1.807, 2.05) is 0 Å². The molecule has 4 bridgehead atoms. The first-order valence-corrected chi connectivity index (χ1v) is 11.0. The molecule has 6 rings (SSSR count). The molecule has 5 aliphatic rings. The number of hydrogen-bond acceptors (Lipinski definition) is 2. The van der Waals surface area contributed by atoms with E-state index in [-0.39, 0.29) is 10.8 Å². The first-order chi connectivity index (χ1) is 13.0. The minimum Gasteiger partial charge on any atom is -0.342 e. The summed E-state index contributed by atoms with van der Waals surface area (Å²) in [5.74, 6) is 1.98. The van der Waals surface area contributed by atoms with Gasteiger partial charge < -0.3 is 9.80 Å². The Bertz CT molecular complexity index is 692. The quantitative estimate of drug-likeness (QED) is 0.805. The smallest absolute Gasteiger partial charge is 0.228 e. The Labute approximate surface area is 164 Å². The summed E-state index contributed by atoms with van der Waals surface area (Å²) in [4.78, 5) is 18.4. The Kier molecular flexibility index (Phi) is 4.16. The maximum absolute atomic E-state index is 13.9. The van der Waals surface area contributed by atoms with Crippen LogP contribution in [0.2, 0.25) is 0 Å². The van der Waals surface area contributed by atoms with Gasteiger partial charge in [0.25, 0.3) is 0 Å². The highest BCUT2D eigenvalue weighted by Crippen LogP contribution is 2.66. The van der Waals surface area contributed by atoms with Crippen molar-refractivity contribution in [3.8, 4) is 0 Å².